The van der Waals surface area contributed by atoms with Crippen LogP contribution in [0.1, 0.15) is 30.2 Å². The van der Waals surface area contributed by atoms with Gasteiger partial charge in [-0.25, -0.2) is 14.8 Å². The molecule has 0 atom stereocenters. The molecule has 9 heteroatoms. The van der Waals surface area contributed by atoms with Crippen LogP contribution in [0.4, 0.5) is 18.0 Å². The Labute approximate surface area is 182 Å². The fraction of sp³-hybridized carbons (Fsp3) is 0.304. The molecule has 0 saturated carbocycles. The number of aromatic nitrogens is 1. The van der Waals surface area contributed by atoms with E-state index in [1.54, 1.807) is 4.90 Å². The van der Waals surface area contributed by atoms with Gasteiger partial charge in [-0.3, -0.25) is 5.21 Å². The zero-order chi connectivity index (χ0) is 22.9. The van der Waals surface area contributed by atoms with Gasteiger partial charge in [0.2, 0.25) is 0 Å². The monoisotopic (exact) mass is 445 g/mol. The topological polar surface area (TPSA) is 69.8 Å². The van der Waals surface area contributed by atoms with E-state index in [9.17, 15) is 23.2 Å². The maximum absolute atomic E-state index is 13.0. The lowest BCUT2D eigenvalue weighted by molar-refractivity contribution is -0.137. The number of carbonyl (C=O) groups is 1. The molecule has 1 aliphatic heterocycles. The largest absolute Gasteiger partial charge is 0.440 e. The molecule has 6 nitrogen and oxygen atoms in total. The molecule has 32 heavy (non-hydrogen) atoms. The molecule has 1 aromatic heterocycles. The van der Waals surface area contributed by atoms with E-state index in [1.165, 1.54) is 19.2 Å². The Morgan fingerprint density at radius 3 is 2.25 bits per heavy atom. The summed E-state index contributed by atoms with van der Waals surface area (Å²) in [7, 11) is 1.28. The summed E-state index contributed by atoms with van der Waals surface area (Å²) < 4.78 is 45.1. The van der Waals surface area contributed by atoms with Gasteiger partial charge >= 0.3 is 12.2 Å². The number of hydrogen-bond donors (Lipinski definition) is 1. The van der Waals surface area contributed by atoms with Crippen LogP contribution in [0.2, 0.25) is 0 Å². The van der Waals surface area contributed by atoms with Crippen molar-refractivity contribution >= 4 is 6.03 Å². The van der Waals surface area contributed by atoms with E-state index in [0.717, 1.165) is 17.7 Å². The Morgan fingerprint density at radius 2 is 1.69 bits per heavy atom. The number of carbonyl (C=O) groups excluding carboxylic acids is 1. The Morgan fingerprint density at radius 1 is 1.06 bits per heavy atom. The van der Waals surface area contributed by atoms with Gasteiger partial charge in [0.1, 0.15) is 5.69 Å². The Kier molecular flexibility index (Phi) is 5.92. The van der Waals surface area contributed by atoms with Crippen molar-refractivity contribution in [1.29, 1.82) is 0 Å². The first kappa shape index (κ1) is 21.9. The van der Waals surface area contributed by atoms with Crippen LogP contribution in [-0.4, -0.2) is 46.3 Å². The Bertz CT molecular complexity index is 1070. The highest BCUT2D eigenvalue weighted by Gasteiger charge is 2.32. The van der Waals surface area contributed by atoms with Crippen molar-refractivity contribution in [3.05, 3.63) is 66.1 Å². The van der Waals surface area contributed by atoms with Crippen molar-refractivity contribution < 1.29 is 27.6 Å². The summed E-state index contributed by atoms with van der Waals surface area (Å²) in [6.07, 6.45) is -3.22. The average Bonchev–Trinajstić information content (AvgIpc) is 3.24. The van der Waals surface area contributed by atoms with Crippen LogP contribution in [0.25, 0.3) is 22.6 Å². The highest BCUT2D eigenvalue weighted by molar-refractivity contribution is 5.77. The maximum Gasteiger partial charge on any atom is 0.416 e. The van der Waals surface area contributed by atoms with Gasteiger partial charge in [-0.05, 0) is 25.0 Å². The van der Waals surface area contributed by atoms with E-state index in [0.29, 0.717) is 53.9 Å². The second-order valence-electron chi connectivity index (χ2n) is 7.74. The summed E-state index contributed by atoms with van der Waals surface area (Å²) in [6, 6.07) is 13.7. The zero-order valence-corrected chi connectivity index (χ0v) is 17.3. The van der Waals surface area contributed by atoms with Crippen LogP contribution in [-0.2, 0) is 6.18 Å². The molecule has 0 spiro atoms. The van der Waals surface area contributed by atoms with Crippen LogP contribution >= 0.6 is 0 Å². The molecule has 1 N–H and O–H groups in total. The Balaban J connectivity index is 1.65. The molecule has 0 bridgehead atoms. The minimum atomic E-state index is -4.41. The predicted molar refractivity (Wildman–Crippen MR) is 111 cm³/mol. The minimum absolute atomic E-state index is 0.0475. The summed E-state index contributed by atoms with van der Waals surface area (Å²) >= 11 is 0. The van der Waals surface area contributed by atoms with Crippen molar-refractivity contribution in [2.24, 2.45) is 0 Å². The number of hydrogen-bond acceptors (Lipinski definition) is 4. The molecule has 2 amide bonds. The van der Waals surface area contributed by atoms with Gasteiger partial charge in [0.05, 0.1) is 5.56 Å². The van der Waals surface area contributed by atoms with Gasteiger partial charge < -0.3 is 9.32 Å². The first-order chi connectivity index (χ1) is 15.2. The number of urea groups is 1. The third kappa shape index (κ3) is 4.47. The highest BCUT2D eigenvalue weighted by Crippen LogP contribution is 2.38. The smallest absolute Gasteiger partial charge is 0.416 e. The predicted octanol–water partition coefficient (Wildman–Crippen LogP) is 5.65. The summed E-state index contributed by atoms with van der Waals surface area (Å²) in [5.74, 6) is 0.936. The lowest BCUT2D eigenvalue weighted by Gasteiger charge is -2.31. The molecule has 1 aliphatic rings. The lowest BCUT2D eigenvalue weighted by atomic mass is 9.97. The van der Waals surface area contributed by atoms with Gasteiger partial charge in [-0.15, -0.1) is 0 Å². The first-order valence-electron chi connectivity index (χ1n) is 10.2. The number of likely N-dealkylation sites (tertiary alicyclic amines) is 1. The van der Waals surface area contributed by atoms with Crippen molar-refractivity contribution in [3.8, 4) is 22.6 Å². The summed E-state index contributed by atoms with van der Waals surface area (Å²) in [6.45, 7) is 0.875. The fourth-order valence-electron chi connectivity index (χ4n) is 3.83. The van der Waals surface area contributed by atoms with Crippen LogP contribution < -0.4 is 0 Å². The molecule has 2 aromatic carbocycles. The maximum atomic E-state index is 13.0. The number of benzene rings is 2. The first-order valence-corrected chi connectivity index (χ1v) is 10.2. The van der Waals surface area contributed by atoms with Crippen molar-refractivity contribution in [2.75, 3.05) is 20.1 Å². The van der Waals surface area contributed by atoms with E-state index in [-0.39, 0.29) is 5.92 Å². The van der Waals surface area contributed by atoms with Crippen LogP contribution in [0.5, 0.6) is 0 Å². The van der Waals surface area contributed by atoms with Gasteiger partial charge in [-0.1, -0.05) is 42.5 Å². The number of rotatable bonds is 3. The SMILES string of the molecule is CN(O)C(=O)N1CCC(c2nc(-c3ccc(C(F)(F)F)cc3)c(-c3ccccc3)o2)CC1. The van der Waals surface area contributed by atoms with E-state index >= 15 is 0 Å². The average molecular weight is 445 g/mol. The number of oxazole rings is 1. The van der Waals surface area contributed by atoms with Crippen LogP contribution in [0.15, 0.2) is 59.0 Å². The molecule has 168 valence electrons. The third-order valence-electron chi connectivity index (χ3n) is 5.56. The van der Waals surface area contributed by atoms with Gasteiger partial charge in [-0.2, -0.15) is 13.2 Å². The molecule has 4 rings (SSSR count). The van der Waals surface area contributed by atoms with E-state index in [4.69, 9.17) is 4.42 Å². The lowest BCUT2D eigenvalue weighted by Crippen LogP contribution is -2.43. The number of halogens is 3. The quantitative estimate of drug-likeness (QED) is 0.418. The number of hydroxylamine groups is 2. The summed E-state index contributed by atoms with van der Waals surface area (Å²) in [4.78, 5) is 18.2. The summed E-state index contributed by atoms with van der Waals surface area (Å²) in [5.41, 5.74) is 1.06. The molecular weight excluding hydrogens is 423 g/mol. The molecular formula is C23H22F3N3O3. The van der Waals surface area contributed by atoms with Gasteiger partial charge in [0.25, 0.3) is 0 Å². The van der Waals surface area contributed by atoms with Crippen LogP contribution in [0, 0.1) is 0 Å². The van der Waals surface area contributed by atoms with E-state index in [1.807, 2.05) is 30.3 Å². The van der Waals surface area contributed by atoms with Gasteiger partial charge in [0.15, 0.2) is 11.7 Å². The standard InChI is InChI=1S/C23H22F3N3O3/c1-28(31)22(30)29-13-11-17(12-14-29)21-27-19(20(32-21)16-5-3-2-4-6-16)15-7-9-18(10-8-15)23(24,25)26/h2-10,17,31H,11-14H2,1H3. The Hall–Kier alpha value is -3.33. The van der Waals surface area contributed by atoms with Crippen molar-refractivity contribution in [3.63, 3.8) is 0 Å². The number of piperidine rings is 1. The van der Waals surface area contributed by atoms with Crippen molar-refractivity contribution in [1.82, 2.24) is 14.9 Å². The molecule has 0 radical (unpaired) electrons. The minimum Gasteiger partial charge on any atom is -0.440 e. The number of amides is 2. The highest BCUT2D eigenvalue weighted by atomic mass is 19.4. The number of nitrogens with zero attached hydrogens (tertiary/aromatic N) is 3. The van der Waals surface area contributed by atoms with Crippen molar-refractivity contribution in [2.45, 2.75) is 24.9 Å². The molecule has 0 unspecified atom stereocenters. The molecule has 2 heterocycles. The third-order valence-corrected chi connectivity index (χ3v) is 5.56. The normalized spacial score (nSPS) is 15.1. The molecule has 3 aromatic rings. The van der Waals surface area contributed by atoms with E-state index in [2.05, 4.69) is 4.98 Å². The van der Waals surface area contributed by atoms with Gasteiger partial charge in [0, 0.05) is 37.2 Å². The second kappa shape index (κ2) is 8.66. The zero-order valence-electron chi connectivity index (χ0n) is 17.3. The number of alkyl halides is 3. The fourth-order valence-corrected chi connectivity index (χ4v) is 3.83. The van der Waals surface area contributed by atoms with Crippen LogP contribution in [0.3, 0.4) is 0 Å². The molecule has 1 fully saturated rings. The summed E-state index contributed by atoms with van der Waals surface area (Å²) in [5, 5.41) is 9.92. The molecule has 0 aliphatic carbocycles. The molecule has 1 saturated heterocycles. The van der Waals surface area contributed by atoms with E-state index < -0.39 is 17.8 Å². The second-order valence-corrected chi connectivity index (χ2v) is 7.74.